The van der Waals surface area contributed by atoms with Gasteiger partial charge in [-0.25, -0.2) is 0 Å². The highest BCUT2D eigenvalue weighted by Gasteiger charge is 2.11. The van der Waals surface area contributed by atoms with Gasteiger partial charge in [-0.3, -0.25) is 0 Å². The van der Waals surface area contributed by atoms with Crippen LogP contribution in [0.1, 0.15) is 43.9 Å². The predicted molar refractivity (Wildman–Crippen MR) is 77.7 cm³/mol. The predicted octanol–water partition coefficient (Wildman–Crippen LogP) is 4.66. The standard InChI is InChI=1S/C17H20O2/c1-12(2)16-11-14(13(3)18)9-10-17(16)19-15-7-5-4-6-8-15/h4-13,18H,1-3H3. The molecule has 1 atom stereocenters. The van der Waals surface area contributed by atoms with Crippen LogP contribution in [0.4, 0.5) is 0 Å². The van der Waals surface area contributed by atoms with Crippen LogP contribution in [-0.2, 0) is 0 Å². The number of benzene rings is 2. The van der Waals surface area contributed by atoms with E-state index in [0.717, 1.165) is 22.6 Å². The third-order valence-corrected chi connectivity index (χ3v) is 3.11. The molecule has 19 heavy (non-hydrogen) atoms. The Balaban J connectivity index is 2.34. The third kappa shape index (κ3) is 3.36. The Hall–Kier alpha value is -1.80. The van der Waals surface area contributed by atoms with Gasteiger partial charge >= 0.3 is 0 Å². The second kappa shape index (κ2) is 5.89. The van der Waals surface area contributed by atoms with Gasteiger partial charge in [0, 0.05) is 0 Å². The van der Waals surface area contributed by atoms with Gasteiger partial charge in [-0.05, 0) is 48.2 Å². The summed E-state index contributed by atoms with van der Waals surface area (Å²) >= 11 is 0. The molecular weight excluding hydrogens is 236 g/mol. The molecule has 0 saturated carbocycles. The summed E-state index contributed by atoms with van der Waals surface area (Å²) in [4.78, 5) is 0. The summed E-state index contributed by atoms with van der Waals surface area (Å²) in [6.07, 6.45) is -0.455. The maximum Gasteiger partial charge on any atom is 0.130 e. The Morgan fingerprint density at radius 1 is 0.947 bits per heavy atom. The van der Waals surface area contributed by atoms with Crippen molar-refractivity contribution >= 4 is 0 Å². The molecule has 2 rings (SSSR count). The summed E-state index contributed by atoms with van der Waals surface area (Å²) < 4.78 is 5.92. The van der Waals surface area contributed by atoms with Gasteiger partial charge in [0.25, 0.3) is 0 Å². The van der Waals surface area contributed by atoms with Crippen molar-refractivity contribution in [2.45, 2.75) is 32.8 Å². The number of hydrogen-bond donors (Lipinski definition) is 1. The summed E-state index contributed by atoms with van der Waals surface area (Å²) in [5.41, 5.74) is 2.03. The van der Waals surface area contributed by atoms with E-state index in [9.17, 15) is 5.11 Å². The van der Waals surface area contributed by atoms with Gasteiger partial charge in [0.1, 0.15) is 11.5 Å². The average Bonchev–Trinajstić information content (AvgIpc) is 2.39. The quantitative estimate of drug-likeness (QED) is 0.862. The van der Waals surface area contributed by atoms with Crippen molar-refractivity contribution in [3.05, 3.63) is 59.7 Å². The first-order chi connectivity index (χ1) is 9.08. The number of hydrogen-bond acceptors (Lipinski definition) is 2. The minimum atomic E-state index is -0.455. The maximum absolute atomic E-state index is 9.67. The lowest BCUT2D eigenvalue weighted by atomic mass is 9.98. The summed E-state index contributed by atoms with van der Waals surface area (Å²) in [6, 6.07) is 15.6. The van der Waals surface area contributed by atoms with Gasteiger partial charge in [-0.15, -0.1) is 0 Å². The van der Waals surface area contributed by atoms with Crippen LogP contribution in [0.15, 0.2) is 48.5 Å². The van der Waals surface area contributed by atoms with Crippen molar-refractivity contribution < 1.29 is 9.84 Å². The number of aliphatic hydroxyl groups is 1. The van der Waals surface area contributed by atoms with Crippen LogP contribution in [0.3, 0.4) is 0 Å². The summed E-state index contributed by atoms with van der Waals surface area (Å²) in [6.45, 7) is 6.02. The smallest absolute Gasteiger partial charge is 0.130 e. The molecule has 0 saturated heterocycles. The molecule has 0 aromatic heterocycles. The molecule has 100 valence electrons. The lowest BCUT2D eigenvalue weighted by Crippen LogP contribution is -1.98. The van der Waals surface area contributed by atoms with Gasteiger partial charge in [0.05, 0.1) is 6.10 Å². The molecule has 0 amide bonds. The van der Waals surface area contributed by atoms with Crippen molar-refractivity contribution in [3.63, 3.8) is 0 Å². The Morgan fingerprint density at radius 3 is 2.21 bits per heavy atom. The molecule has 0 aliphatic heterocycles. The first-order valence-corrected chi connectivity index (χ1v) is 6.62. The van der Waals surface area contributed by atoms with E-state index in [4.69, 9.17) is 4.74 Å². The van der Waals surface area contributed by atoms with Gasteiger partial charge in [0.15, 0.2) is 0 Å². The molecule has 0 heterocycles. The zero-order chi connectivity index (χ0) is 13.8. The highest BCUT2D eigenvalue weighted by atomic mass is 16.5. The minimum absolute atomic E-state index is 0.345. The average molecular weight is 256 g/mol. The lowest BCUT2D eigenvalue weighted by molar-refractivity contribution is 0.199. The summed E-state index contributed by atoms with van der Waals surface area (Å²) in [5, 5.41) is 9.67. The molecule has 2 aromatic rings. The van der Waals surface area contributed by atoms with Crippen molar-refractivity contribution in [2.24, 2.45) is 0 Å². The van der Waals surface area contributed by atoms with Crippen LogP contribution in [0.2, 0.25) is 0 Å². The molecule has 0 radical (unpaired) electrons. The monoisotopic (exact) mass is 256 g/mol. The van der Waals surface area contributed by atoms with E-state index >= 15 is 0 Å². The molecule has 2 aromatic carbocycles. The highest BCUT2D eigenvalue weighted by Crippen LogP contribution is 2.32. The van der Waals surface area contributed by atoms with E-state index in [1.54, 1.807) is 6.92 Å². The van der Waals surface area contributed by atoms with Crippen LogP contribution in [0.25, 0.3) is 0 Å². The van der Waals surface area contributed by atoms with Crippen molar-refractivity contribution in [1.82, 2.24) is 0 Å². The lowest BCUT2D eigenvalue weighted by Gasteiger charge is -2.16. The van der Waals surface area contributed by atoms with Gasteiger partial charge in [0.2, 0.25) is 0 Å². The molecule has 0 fully saturated rings. The fraction of sp³-hybridized carbons (Fsp3) is 0.294. The number of rotatable bonds is 4. The minimum Gasteiger partial charge on any atom is -0.457 e. The Labute approximate surface area is 114 Å². The molecule has 2 heteroatoms. The van der Waals surface area contributed by atoms with E-state index < -0.39 is 6.10 Å². The van der Waals surface area contributed by atoms with Crippen molar-refractivity contribution in [1.29, 1.82) is 0 Å². The largest absolute Gasteiger partial charge is 0.457 e. The van der Waals surface area contributed by atoms with E-state index in [2.05, 4.69) is 13.8 Å². The highest BCUT2D eigenvalue weighted by molar-refractivity contribution is 5.42. The normalized spacial score (nSPS) is 12.5. The van der Waals surface area contributed by atoms with Crippen molar-refractivity contribution in [2.75, 3.05) is 0 Å². The Bertz CT molecular complexity index is 530. The van der Waals surface area contributed by atoms with Gasteiger partial charge in [-0.1, -0.05) is 38.1 Å². The molecular formula is C17H20O2. The van der Waals surface area contributed by atoms with Gasteiger partial charge < -0.3 is 9.84 Å². The third-order valence-electron chi connectivity index (χ3n) is 3.11. The zero-order valence-electron chi connectivity index (χ0n) is 11.6. The first-order valence-electron chi connectivity index (χ1n) is 6.62. The number of aliphatic hydroxyl groups excluding tert-OH is 1. The molecule has 0 spiro atoms. The van der Waals surface area contributed by atoms with E-state index in [-0.39, 0.29) is 0 Å². The van der Waals surface area contributed by atoms with Crippen LogP contribution < -0.4 is 4.74 Å². The SMILES string of the molecule is CC(C)c1cc(C(C)O)ccc1Oc1ccccc1. The van der Waals surface area contributed by atoms with Crippen molar-refractivity contribution in [3.8, 4) is 11.5 Å². The molecule has 0 aliphatic rings. The maximum atomic E-state index is 9.67. The van der Waals surface area contributed by atoms with Gasteiger partial charge in [-0.2, -0.15) is 0 Å². The Kier molecular flexibility index (Phi) is 4.23. The molecule has 0 bridgehead atoms. The summed E-state index contributed by atoms with van der Waals surface area (Å²) in [7, 11) is 0. The molecule has 1 unspecified atom stereocenters. The Morgan fingerprint density at radius 2 is 1.63 bits per heavy atom. The number of para-hydroxylation sites is 1. The van der Waals surface area contributed by atoms with Crippen LogP contribution in [0.5, 0.6) is 11.5 Å². The summed E-state index contributed by atoms with van der Waals surface area (Å²) in [5.74, 6) is 2.03. The van der Waals surface area contributed by atoms with E-state index in [1.165, 1.54) is 0 Å². The van der Waals surface area contributed by atoms with Crippen LogP contribution in [0, 0.1) is 0 Å². The van der Waals surface area contributed by atoms with E-state index in [1.807, 2.05) is 48.5 Å². The molecule has 0 aliphatic carbocycles. The fourth-order valence-corrected chi connectivity index (χ4v) is 1.99. The number of ether oxygens (including phenoxy) is 1. The second-order valence-electron chi connectivity index (χ2n) is 5.04. The molecule has 1 N–H and O–H groups in total. The topological polar surface area (TPSA) is 29.5 Å². The zero-order valence-corrected chi connectivity index (χ0v) is 11.6. The van der Waals surface area contributed by atoms with Crippen LogP contribution in [-0.4, -0.2) is 5.11 Å². The first kappa shape index (κ1) is 13.6. The molecule has 2 nitrogen and oxygen atoms in total. The second-order valence-corrected chi connectivity index (χ2v) is 5.04. The fourth-order valence-electron chi connectivity index (χ4n) is 1.99. The van der Waals surface area contributed by atoms with E-state index in [0.29, 0.717) is 5.92 Å². The van der Waals surface area contributed by atoms with Crippen LogP contribution >= 0.6 is 0 Å².